The van der Waals surface area contributed by atoms with Gasteiger partial charge in [0, 0.05) is 17.3 Å². The summed E-state index contributed by atoms with van der Waals surface area (Å²) in [5, 5.41) is 0. The van der Waals surface area contributed by atoms with Gasteiger partial charge in [-0.15, -0.1) is 0 Å². The number of benzene rings is 2. The van der Waals surface area contributed by atoms with E-state index in [9.17, 15) is 13.6 Å². The van der Waals surface area contributed by atoms with E-state index >= 15 is 0 Å². The van der Waals surface area contributed by atoms with E-state index in [1.165, 1.54) is 25.3 Å². The topological polar surface area (TPSA) is 52.3 Å². The van der Waals surface area contributed by atoms with Gasteiger partial charge in [0.15, 0.2) is 5.78 Å². The van der Waals surface area contributed by atoms with Crippen LogP contribution in [0.3, 0.4) is 0 Å². The lowest BCUT2D eigenvalue weighted by molar-refractivity contribution is 0.103. The maximum atomic E-state index is 13.8. The molecule has 0 bridgehead atoms. The van der Waals surface area contributed by atoms with Gasteiger partial charge in [0.25, 0.3) is 0 Å². The smallest absolute Gasteiger partial charge is 0.198 e. The summed E-state index contributed by atoms with van der Waals surface area (Å²) in [4.78, 5) is 12.1. The van der Waals surface area contributed by atoms with Crippen molar-refractivity contribution in [3.8, 4) is 5.75 Å². The fourth-order valence-corrected chi connectivity index (χ4v) is 1.68. The quantitative estimate of drug-likeness (QED) is 0.684. The molecule has 2 aromatic carbocycles. The minimum absolute atomic E-state index is 0.0657. The summed E-state index contributed by atoms with van der Waals surface area (Å²) in [6, 6.07) is 7.21. The molecule has 0 heterocycles. The van der Waals surface area contributed by atoms with E-state index in [-0.39, 0.29) is 16.8 Å². The van der Waals surface area contributed by atoms with Crippen molar-refractivity contribution in [1.29, 1.82) is 0 Å². The minimum Gasteiger partial charge on any atom is -0.497 e. The molecule has 0 aliphatic rings. The number of halogens is 2. The number of hydrogen-bond acceptors (Lipinski definition) is 3. The Labute approximate surface area is 108 Å². The van der Waals surface area contributed by atoms with Gasteiger partial charge in [-0.25, -0.2) is 8.78 Å². The molecule has 0 atom stereocenters. The first-order valence-corrected chi connectivity index (χ1v) is 5.46. The Morgan fingerprint density at radius 2 is 1.84 bits per heavy atom. The van der Waals surface area contributed by atoms with Crippen LogP contribution in [0.25, 0.3) is 0 Å². The molecular weight excluding hydrogens is 252 g/mol. The van der Waals surface area contributed by atoms with E-state index in [0.29, 0.717) is 5.75 Å². The fraction of sp³-hybridized carbons (Fsp3) is 0.0714. The number of carbonyl (C=O) groups excluding carboxylic acids is 1. The molecule has 0 saturated heterocycles. The summed E-state index contributed by atoms with van der Waals surface area (Å²) in [5.41, 5.74) is 5.45. The van der Waals surface area contributed by atoms with Gasteiger partial charge in [-0.2, -0.15) is 0 Å². The minimum atomic E-state index is -0.743. The molecule has 0 spiro atoms. The number of nitrogens with two attached hydrogens (primary N) is 1. The predicted molar refractivity (Wildman–Crippen MR) is 67.2 cm³/mol. The highest BCUT2D eigenvalue weighted by atomic mass is 19.1. The summed E-state index contributed by atoms with van der Waals surface area (Å²) >= 11 is 0. The zero-order valence-corrected chi connectivity index (χ0v) is 10.1. The third-order valence-corrected chi connectivity index (χ3v) is 2.68. The van der Waals surface area contributed by atoms with Crippen molar-refractivity contribution in [2.75, 3.05) is 12.8 Å². The summed E-state index contributed by atoms with van der Waals surface area (Å²) in [7, 11) is 1.39. The lowest BCUT2D eigenvalue weighted by Crippen LogP contribution is -2.08. The Morgan fingerprint density at radius 3 is 2.47 bits per heavy atom. The van der Waals surface area contributed by atoms with E-state index in [1.54, 1.807) is 0 Å². The number of methoxy groups -OCH3 is 1. The normalized spacial score (nSPS) is 10.3. The van der Waals surface area contributed by atoms with E-state index in [0.717, 1.165) is 18.2 Å². The largest absolute Gasteiger partial charge is 0.497 e. The summed E-state index contributed by atoms with van der Waals surface area (Å²) in [6.45, 7) is 0. The number of ketones is 1. The Bertz CT molecular complexity index is 641. The lowest BCUT2D eigenvalue weighted by atomic mass is 10.0. The van der Waals surface area contributed by atoms with Gasteiger partial charge in [0.1, 0.15) is 17.4 Å². The molecule has 3 nitrogen and oxygen atoms in total. The second-order valence-corrected chi connectivity index (χ2v) is 3.91. The number of nitrogen functional groups attached to an aromatic ring is 1. The maximum absolute atomic E-state index is 13.8. The zero-order chi connectivity index (χ0) is 14.0. The van der Waals surface area contributed by atoms with E-state index in [4.69, 9.17) is 10.5 Å². The van der Waals surface area contributed by atoms with E-state index < -0.39 is 17.4 Å². The lowest BCUT2D eigenvalue weighted by Gasteiger charge is -2.07. The molecule has 2 aromatic rings. The van der Waals surface area contributed by atoms with Crippen LogP contribution in [0.4, 0.5) is 14.5 Å². The Balaban J connectivity index is 2.47. The molecule has 19 heavy (non-hydrogen) atoms. The van der Waals surface area contributed by atoms with Crippen molar-refractivity contribution in [2.45, 2.75) is 0 Å². The van der Waals surface area contributed by atoms with Crippen molar-refractivity contribution < 1.29 is 18.3 Å². The number of rotatable bonds is 3. The first-order chi connectivity index (χ1) is 9.02. The molecule has 0 fully saturated rings. The molecule has 0 radical (unpaired) electrons. The predicted octanol–water partition coefficient (Wildman–Crippen LogP) is 2.79. The fourth-order valence-electron chi connectivity index (χ4n) is 1.68. The molecule has 0 aliphatic carbocycles. The third kappa shape index (κ3) is 2.54. The van der Waals surface area contributed by atoms with Gasteiger partial charge in [0.05, 0.1) is 12.7 Å². The summed E-state index contributed by atoms with van der Waals surface area (Å²) in [6.07, 6.45) is 0. The van der Waals surface area contributed by atoms with E-state index in [1.807, 2.05) is 0 Å². The van der Waals surface area contributed by atoms with Crippen LogP contribution in [0.15, 0.2) is 36.4 Å². The van der Waals surface area contributed by atoms with Gasteiger partial charge < -0.3 is 10.5 Å². The molecule has 0 amide bonds. The highest BCUT2D eigenvalue weighted by Gasteiger charge is 2.17. The first kappa shape index (κ1) is 13.0. The summed E-state index contributed by atoms with van der Waals surface area (Å²) in [5.74, 6) is -1.72. The molecule has 0 unspecified atom stereocenters. The molecular formula is C14H11F2NO2. The van der Waals surface area contributed by atoms with Crippen LogP contribution >= 0.6 is 0 Å². The van der Waals surface area contributed by atoms with Crippen LogP contribution in [-0.4, -0.2) is 12.9 Å². The molecule has 5 heteroatoms. The van der Waals surface area contributed by atoms with Gasteiger partial charge >= 0.3 is 0 Å². The van der Waals surface area contributed by atoms with Crippen molar-refractivity contribution in [3.05, 3.63) is 59.2 Å². The van der Waals surface area contributed by atoms with Gasteiger partial charge in [-0.05, 0) is 30.3 Å². The molecule has 2 rings (SSSR count). The number of ether oxygens (including phenoxy) is 1. The Kier molecular flexibility index (Phi) is 3.46. The second kappa shape index (κ2) is 5.06. The Morgan fingerprint density at radius 1 is 1.11 bits per heavy atom. The number of hydrogen-bond donors (Lipinski definition) is 1. The van der Waals surface area contributed by atoms with Gasteiger partial charge in [0.2, 0.25) is 0 Å². The van der Waals surface area contributed by atoms with Crippen LogP contribution in [0.5, 0.6) is 5.75 Å². The molecule has 0 aromatic heterocycles. The Hall–Kier alpha value is -2.43. The average molecular weight is 263 g/mol. The monoisotopic (exact) mass is 263 g/mol. The van der Waals surface area contributed by atoms with Crippen molar-refractivity contribution in [2.24, 2.45) is 0 Å². The highest BCUT2D eigenvalue weighted by molar-refractivity contribution is 6.12. The van der Waals surface area contributed by atoms with Crippen LogP contribution < -0.4 is 10.5 Å². The van der Waals surface area contributed by atoms with Crippen molar-refractivity contribution in [1.82, 2.24) is 0 Å². The number of anilines is 1. The highest BCUT2D eigenvalue weighted by Crippen LogP contribution is 2.22. The molecule has 0 saturated carbocycles. The third-order valence-electron chi connectivity index (χ3n) is 2.68. The van der Waals surface area contributed by atoms with Crippen LogP contribution in [-0.2, 0) is 0 Å². The van der Waals surface area contributed by atoms with Crippen LogP contribution in [0.1, 0.15) is 15.9 Å². The second-order valence-electron chi connectivity index (χ2n) is 3.91. The molecule has 0 aliphatic heterocycles. The van der Waals surface area contributed by atoms with Crippen molar-refractivity contribution in [3.63, 3.8) is 0 Å². The summed E-state index contributed by atoms with van der Waals surface area (Å²) < 4.78 is 31.7. The zero-order valence-electron chi connectivity index (χ0n) is 10.1. The standard InChI is InChI=1S/C14H11F2NO2/c1-19-9-3-4-10(12(16)7-9)14(18)11-6-8(15)2-5-13(11)17/h2-7H,17H2,1H3. The van der Waals surface area contributed by atoms with Gasteiger partial charge in [-0.1, -0.05) is 0 Å². The van der Waals surface area contributed by atoms with Crippen LogP contribution in [0, 0.1) is 11.6 Å². The van der Waals surface area contributed by atoms with Gasteiger partial charge in [-0.3, -0.25) is 4.79 Å². The maximum Gasteiger partial charge on any atom is 0.198 e. The number of carbonyl (C=O) groups is 1. The SMILES string of the molecule is COc1ccc(C(=O)c2cc(F)ccc2N)c(F)c1. The van der Waals surface area contributed by atoms with Crippen molar-refractivity contribution >= 4 is 11.5 Å². The molecule has 2 N–H and O–H groups in total. The molecule has 98 valence electrons. The van der Waals surface area contributed by atoms with Crippen LogP contribution in [0.2, 0.25) is 0 Å². The average Bonchev–Trinajstić information content (AvgIpc) is 2.40. The van der Waals surface area contributed by atoms with E-state index in [2.05, 4.69) is 0 Å². The first-order valence-electron chi connectivity index (χ1n) is 5.46.